The van der Waals surface area contributed by atoms with Crippen molar-refractivity contribution in [1.29, 1.82) is 0 Å². The van der Waals surface area contributed by atoms with Crippen LogP contribution in [0.2, 0.25) is 0 Å². The second kappa shape index (κ2) is 5.79. The Bertz CT molecular complexity index is 614. The van der Waals surface area contributed by atoms with Crippen molar-refractivity contribution in [2.75, 3.05) is 7.05 Å². The second-order valence-corrected chi connectivity index (χ2v) is 6.12. The molecule has 0 aliphatic carbocycles. The molecule has 19 heavy (non-hydrogen) atoms. The predicted octanol–water partition coefficient (Wildman–Crippen LogP) is 3.63. The van der Waals surface area contributed by atoms with Gasteiger partial charge in [-0.1, -0.05) is 15.9 Å². The summed E-state index contributed by atoms with van der Waals surface area (Å²) < 4.78 is 14.3. The summed E-state index contributed by atoms with van der Waals surface area (Å²) in [5, 5.41) is 2.85. The Morgan fingerprint density at radius 3 is 2.89 bits per heavy atom. The van der Waals surface area contributed by atoms with E-state index in [9.17, 15) is 9.18 Å². The van der Waals surface area contributed by atoms with Crippen LogP contribution in [-0.4, -0.2) is 22.8 Å². The summed E-state index contributed by atoms with van der Waals surface area (Å²) in [5.41, 5.74) is 0.873. The lowest BCUT2D eigenvalue weighted by molar-refractivity contribution is 0.0779. The van der Waals surface area contributed by atoms with Crippen molar-refractivity contribution >= 4 is 33.2 Å². The van der Waals surface area contributed by atoms with E-state index < -0.39 is 5.82 Å². The Hall–Kier alpha value is -1.27. The summed E-state index contributed by atoms with van der Waals surface area (Å²) >= 11 is 4.76. The molecule has 0 N–H and O–H groups in total. The van der Waals surface area contributed by atoms with Gasteiger partial charge in [-0.3, -0.25) is 4.79 Å². The maximum Gasteiger partial charge on any atom is 0.256 e. The van der Waals surface area contributed by atoms with Crippen LogP contribution in [-0.2, 0) is 6.54 Å². The maximum absolute atomic E-state index is 13.6. The molecular formula is C13H12BrFN2OS. The third-order valence-corrected chi connectivity index (χ3v) is 3.89. The van der Waals surface area contributed by atoms with Crippen molar-refractivity contribution in [3.8, 4) is 0 Å². The molecule has 2 aromatic rings. The highest BCUT2D eigenvalue weighted by atomic mass is 79.9. The molecule has 0 saturated heterocycles. The molecule has 0 bridgehead atoms. The van der Waals surface area contributed by atoms with Crippen molar-refractivity contribution in [3.05, 3.63) is 50.1 Å². The van der Waals surface area contributed by atoms with Crippen LogP contribution in [0.3, 0.4) is 0 Å². The van der Waals surface area contributed by atoms with Crippen molar-refractivity contribution in [2.45, 2.75) is 13.5 Å². The summed E-state index contributed by atoms with van der Waals surface area (Å²) in [4.78, 5) is 17.9. The van der Waals surface area contributed by atoms with Crippen LogP contribution in [0.25, 0.3) is 0 Å². The summed E-state index contributed by atoms with van der Waals surface area (Å²) in [7, 11) is 1.64. The van der Waals surface area contributed by atoms with Crippen LogP contribution in [0.4, 0.5) is 4.39 Å². The molecule has 1 heterocycles. The standard InChI is InChI=1S/C13H12BrFN2OS/c1-8-16-10(7-19-8)6-17(2)13(18)11-5-9(14)3-4-12(11)15/h3-5,7H,6H2,1-2H3. The number of hydrogen-bond acceptors (Lipinski definition) is 3. The van der Waals surface area contributed by atoms with E-state index in [1.807, 2.05) is 12.3 Å². The van der Waals surface area contributed by atoms with Crippen LogP contribution in [0, 0.1) is 12.7 Å². The van der Waals surface area contributed by atoms with Gasteiger partial charge in [-0.25, -0.2) is 9.37 Å². The Labute approximate surface area is 123 Å². The fraction of sp³-hybridized carbons (Fsp3) is 0.231. The number of halogens is 2. The molecule has 0 aliphatic heterocycles. The summed E-state index contributed by atoms with van der Waals surface area (Å²) in [6, 6.07) is 4.33. The molecule has 1 aromatic heterocycles. The summed E-state index contributed by atoms with van der Waals surface area (Å²) in [5.74, 6) is -0.876. The zero-order chi connectivity index (χ0) is 14.0. The minimum atomic E-state index is -0.519. The first kappa shape index (κ1) is 14.1. The van der Waals surface area contributed by atoms with E-state index in [4.69, 9.17) is 0 Å². The summed E-state index contributed by atoms with van der Waals surface area (Å²) in [6.07, 6.45) is 0. The zero-order valence-corrected chi connectivity index (χ0v) is 12.9. The van der Waals surface area contributed by atoms with E-state index in [1.165, 1.54) is 28.4 Å². The molecule has 6 heteroatoms. The zero-order valence-electron chi connectivity index (χ0n) is 10.5. The minimum absolute atomic E-state index is 0.0591. The Kier molecular flexibility index (Phi) is 4.31. The molecule has 3 nitrogen and oxygen atoms in total. The van der Waals surface area contributed by atoms with Crippen LogP contribution in [0.15, 0.2) is 28.1 Å². The molecule has 0 saturated carbocycles. The molecule has 0 radical (unpaired) electrons. The molecule has 0 spiro atoms. The van der Waals surface area contributed by atoms with Gasteiger partial charge < -0.3 is 4.90 Å². The van der Waals surface area contributed by atoms with Gasteiger partial charge in [0.1, 0.15) is 5.82 Å². The number of thiazole rings is 1. The van der Waals surface area contributed by atoms with Crippen molar-refractivity contribution < 1.29 is 9.18 Å². The molecule has 100 valence electrons. The normalized spacial score (nSPS) is 10.5. The topological polar surface area (TPSA) is 33.2 Å². The number of nitrogens with zero attached hydrogens (tertiary/aromatic N) is 2. The van der Waals surface area contributed by atoms with Crippen LogP contribution < -0.4 is 0 Å². The van der Waals surface area contributed by atoms with E-state index in [1.54, 1.807) is 13.1 Å². The third kappa shape index (κ3) is 3.39. The van der Waals surface area contributed by atoms with E-state index in [2.05, 4.69) is 20.9 Å². The van der Waals surface area contributed by atoms with Gasteiger partial charge in [0, 0.05) is 16.9 Å². The number of carbonyl (C=O) groups is 1. The highest BCUT2D eigenvalue weighted by Crippen LogP contribution is 2.18. The molecule has 0 atom stereocenters. The lowest BCUT2D eigenvalue weighted by Gasteiger charge is -2.16. The first-order chi connectivity index (χ1) is 8.97. The summed E-state index contributed by atoms with van der Waals surface area (Å²) in [6.45, 7) is 2.28. The molecular weight excluding hydrogens is 331 g/mol. The average molecular weight is 343 g/mol. The Morgan fingerprint density at radius 1 is 1.53 bits per heavy atom. The van der Waals surface area contributed by atoms with Gasteiger partial charge >= 0.3 is 0 Å². The number of hydrogen-bond donors (Lipinski definition) is 0. The van der Waals surface area contributed by atoms with Gasteiger partial charge in [-0.15, -0.1) is 11.3 Å². The van der Waals surface area contributed by atoms with E-state index >= 15 is 0 Å². The van der Waals surface area contributed by atoms with Gasteiger partial charge in [0.2, 0.25) is 0 Å². The minimum Gasteiger partial charge on any atom is -0.336 e. The van der Waals surface area contributed by atoms with Crippen LogP contribution >= 0.6 is 27.3 Å². The van der Waals surface area contributed by atoms with Crippen molar-refractivity contribution in [2.24, 2.45) is 0 Å². The first-order valence-electron chi connectivity index (χ1n) is 5.59. The van der Waals surface area contributed by atoms with E-state index in [0.717, 1.165) is 10.7 Å². The predicted molar refractivity (Wildman–Crippen MR) is 76.7 cm³/mol. The molecule has 1 aromatic carbocycles. The van der Waals surface area contributed by atoms with Gasteiger partial charge in [0.05, 0.1) is 22.8 Å². The molecule has 0 aliphatic rings. The van der Waals surface area contributed by atoms with Gasteiger partial charge in [-0.2, -0.15) is 0 Å². The number of aromatic nitrogens is 1. The number of benzene rings is 1. The van der Waals surface area contributed by atoms with Gasteiger partial charge in [0.25, 0.3) is 5.91 Å². The number of amides is 1. The molecule has 0 unspecified atom stereocenters. The van der Waals surface area contributed by atoms with Crippen LogP contribution in [0.5, 0.6) is 0 Å². The average Bonchev–Trinajstić information content (AvgIpc) is 2.77. The largest absolute Gasteiger partial charge is 0.336 e. The highest BCUT2D eigenvalue weighted by molar-refractivity contribution is 9.10. The van der Waals surface area contributed by atoms with Crippen molar-refractivity contribution in [1.82, 2.24) is 9.88 Å². The highest BCUT2D eigenvalue weighted by Gasteiger charge is 2.17. The monoisotopic (exact) mass is 342 g/mol. The quantitative estimate of drug-likeness (QED) is 0.853. The fourth-order valence-electron chi connectivity index (χ4n) is 1.66. The maximum atomic E-state index is 13.6. The van der Waals surface area contributed by atoms with Gasteiger partial charge in [-0.05, 0) is 25.1 Å². The SMILES string of the molecule is Cc1nc(CN(C)C(=O)c2cc(Br)ccc2F)cs1. The fourth-order valence-corrected chi connectivity index (χ4v) is 2.63. The third-order valence-electron chi connectivity index (χ3n) is 2.57. The van der Waals surface area contributed by atoms with Crippen molar-refractivity contribution in [3.63, 3.8) is 0 Å². The van der Waals surface area contributed by atoms with Gasteiger partial charge in [0.15, 0.2) is 0 Å². The first-order valence-corrected chi connectivity index (χ1v) is 7.26. The number of carbonyl (C=O) groups excluding carboxylic acids is 1. The lowest BCUT2D eigenvalue weighted by Crippen LogP contribution is -2.27. The smallest absolute Gasteiger partial charge is 0.256 e. The second-order valence-electron chi connectivity index (χ2n) is 4.14. The Balaban J connectivity index is 2.16. The van der Waals surface area contributed by atoms with E-state index in [0.29, 0.717) is 11.0 Å². The number of rotatable bonds is 3. The lowest BCUT2D eigenvalue weighted by atomic mass is 10.2. The Morgan fingerprint density at radius 2 is 2.26 bits per heavy atom. The van der Waals surface area contributed by atoms with E-state index in [-0.39, 0.29) is 11.5 Å². The van der Waals surface area contributed by atoms with Crippen LogP contribution in [0.1, 0.15) is 21.1 Å². The molecule has 2 rings (SSSR count). The molecule has 1 amide bonds. The number of aryl methyl sites for hydroxylation is 1. The molecule has 0 fully saturated rings.